The fraction of sp³-hybridized carbons (Fsp3) is 0.333. The Morgan fingerprint density at radius 3 is 2.31 bits per heavy atom. The third-order valence-electron chi connectivity index (χ3n) is 4.96. The van der Waals surface area contributed by atoms with Crippen molar-refractivity contribution in [2.24, 2.45) is 5.73 Å². The maximum atomic E-state index is 10.5. The van der Waals surface area contributed by atoms with Gasteiger partial charge in [-0.15, -0.1) is 0 Å². The molecule has 0 atom stereocenters. The van der Waals surface area contributed by atoms with E-state index in [9.17, 15) is 9.90 Å². The Morgan fingerprint density at radius 1 is 0.938 bits per heavy atom. The second kappa shape index (κ2) is 11.1. The number of phenols is 1. The monoisotopic (exact) mass is 436 g/mol. The van der Waals surface area contributed by atoms with Crippen molar-refractivity contribution in [3.05, 3.63) is 53.9 Å². The topological polar surface area (TPSA) is 120 Å². The molecule has 0 bridgehead atoms. The predicted octanol–water partition coefficient (Wildman–Crippen LogP) is 4.56. The Kier molecular flexibility index (Phi) is 7.96. The van der Waals surface area contributed by atoms with Gasteiger partial charge in [0.1, 0.15) is 17.8 Å². The number of carbonyl (C=O) groups is 1. The standard InChI is InChI=1S/C24H28N4O4/c1-16-7-9-19(17(2)13-16)22-26-15-27-23(28-22)20-10-8-18(14-21(20)29)31-11-5-3-4-6-12-32-24(25)30/h7-10,13-15,29H,3-6,11-12H2,1-2H3,(H2,25,30). The van der Waals surface area contributed by atoms with Crippen molar-refractivity contribution in [1.82, 2.24) is 15.0 Å². The smallest absolute Gasteiger partial charge is 0.404 e. The quantitative estimate of drug-likeness (QED) is 0.447. The van der Waals surface area contributed by atoms with E-state index in [2.05, 4.69) is 25.8 Å². The molecule has 0 saturated carbocycles. The number of hydrogen-bond donors (Lipinski definition) is 2. The van der Waals surface area contributed by atoms with Crippen LogP contribution in [0.2, 0.25) is 0 Å². The summed E-state index contributed by atoms with van der Waals surface area (Å²) in [6.07, 6.45) is 4.20. The number of aryl methyl sites for hydroxylation is 2. The molecule has 0 radical (unpaired) electrons. The van der Waals surface area contributed by atoms with E-state index in [4.69, 9.17) is 10.5 Å². The van der Waals surface area contributed by atoms with Crippen molar-refractivity contribution >= 4 is 6.09 Å². The number of aromatic hydroxyl groups is 1. The minimum atomic E-state index is -0.741. The van der Waals surface area contributed by atoms with Crippen molar-refractivity contribution in [1.29, 1.82) is 0 Å². The summed E-state index contributed by atoms with van der Waals surface area (Å²) in [5.41, 5.74) is 8.61. The first-order valence-electron chi connectivity index (χ1n) is 10.6. The molecule has 0 aliphatic carbocycles. The Labute approximate surface area is 187 Å². The molecule has 0 unspecified atom stereocenters. The molecule has 0 fully saturated rings. The summed E-state index contributed by atoms with van der Waals surface area (Å²) in [4.78, 5) is 23.6. The van der Waals surface area contributed by atoms with Crippen LogP contribution in [0.1, 0.15) is 36.8 Å². The second-order valence-corrected chi connectivity index (χ2v) is 7.56. The first-order valence-corrected chi connectivity index (χ1v) is 10.6. The molecule has 32 heavy (non-hydrogen) atoms. The van der Waals surface area contributed by atoms with Crippen LogP contribution in [0.3, 0.4) is 0 Å². The van der Waals surface area contributed by atoms with Crippen LogP contribution >= 0.6 is 0 Å². The number of primary amides is 1. The molecule has 0 aliphatic heterocycles. The van der Waals surface area contributed by atoms with E-state index in [0.29, 0.717) is 36.2 Å². The minimum absolute atomic E-state index is 0.0453. The second-order valence-electron chi connectivity index (χ2n) is 7.56. The van der Waals surface area contributed by atoms with Gasteiger partial charge in [0, 0.05) is 11.6 Å². The summed E-state index contributed by atoms with van der Waals surface area (Å²) >= 11 is 0. The lowest BCUT2D eigenvalue weighted by Gasteiger charge is -2.10. The van der Waals surface area contributed by atoms with Crippen LogP contribution in [0.4, 0.5) is 4.79 Å². The number of amides is 1. The fourth-order valence-electron chi connectivity index (χ4n) is 3.33. The van der Waals surface area contributed by atoms with Gasteiger partial charge in [-0.3, -0.25) is 0 Å². The number of unbranched alkanes of at least 4 members (excludes halogenated alkanes) is 3. The average molecular weight is 437 g/mol. The number of rotatable bonds is 10. The van der Waals surface area contributed by atoms with Crippen LogP contribution in [-0.2, 0) is 4.74 Å². The number of nitrogens with two attached hydrogens (primary N) is 1. The van der Waals surface area contributed by atoms with Gasteiger partial charge in [0.05, 0.1) is 18.8 Å². The van der Waals surface area contributed by atoms with E-state index in [0.717, 1.165) is 36.8 Å². The molecule has 0 aliphatic rings. The number of aromatic nitrogens is 3. The van der Waals surface area contributed by atoms with Crippen LogP contribution in [0.5, 0.6) is 11.5 Å². The van der Waals surface area contributed by atoms with Crippen LogP contribution < -0.4 is 10.5 Å². The van der Waals surface area contributed by atoms with Crippen LogP contribution in [0, 0.1) is 13.8 Å². The number of phenolic OH excluding ortho intramolecular Hbond substituents is 1. The molecule has 2 aromatic carbocycles. The Morgan fingerprint density at radius 2 is 1.62 bits per heavy atom. The van der Waals surface area contributed by atoms with Crippen LogP contribution in [0.15, 0.2) is 42.7 Å². The summed E-state index contributed by atoms with van der Waals surface area (Å²) < 4.78 is 10.4. The van der Waals surface area contributed by atoms with Gasteiger partial charge in [-0.2, -0.15) is 0 Å². The van der Waals surface area contributed by atoms with Gasteiger partial charge < -0.3 is 20.3 Å². The van der Waals surface area contributed by atoms with E-state index in [1.54, 1.807) is 18.2 Å². The predicted molar refractivity (Wildman–Crippen MR) is 121 cm³/mol. The van der Waals surface area contributed by atoms with Crippen molar-refractivity contribution in [2.45, 2.75) is 39.5 Å². The molecule has 1 heterocycles. The molecular weight excluding hydrogens is 408 g/mol. The Balaban J connectivity index is 1.58. The third kappa shape index (κ3) is 6.41. The molecule has 168 valence electrons. The maximum absolute atomic E-state index is 10.5. The van der Waals surface area contributed by atoms with E-state index >= 15 is 0 Å². The molecule has 3 aromatic rings. The first kappa shape index (κ1) is 23.0. The number of hydrogen-bond acceptors (Lipinski definition) is 7. The van der Waals surface area contributed by atoms with Crippen molar-refractivity contribution < 1.29 is 19.4 Å². The third-order valence-corrected chi connectivity index (χ3v) is 4.96. The molecule has 1 amide bonds. The molecular formula is C24H28N4O4. The zero-order valence-corrected chi connectivity index (χ0v) is 18.4. The van der Waals surface area contributed by atoms with E-state index < -0.39 is 6.09 Å². The summed E-state index contributed by atoms with van der Waals surface area (Å²) in [5, 5.41) is 10.5. The highest BCUT2D eigenvalue weighted by atomic mass is 16.5. The van der Waals surface area contributed by atoms with Gasteiger partial charge in [-0.1, -0.05) is 23.8 Å². The van der Waals surface area contributed by atoms with Gasteiger partial charge in [0.15, 0.2) is 11.6 Å². The molecule has 3 N–H and O–H groups in total. The molecule has 3 rings (SSSR count). The average Bonchev–Trinajstić information content (AvgIpc) is 2.75. The lowest BCUT2D eigenvalue weighted by molar-refractivity contribution is 0.154. The van der Waals surface area contributed by atoms with Crippen molar-refractivity contribution in [3.63, 3.8) is 0 Å². The summed E-state index contributed by atoms with van der Waals surface area (Å²) in [7, 11) is 0. The normalized spacial score (nSPS) is 10.7. The molecule has 8 nitrogen and oxygen atoms in total. The van der Waals surface area contributed by atoms with Crippen molar-refractivity contribution in [3.8, 4) is 34.3 Å². The number of benzene rings is 2. The van der Waals surface area contributed by atoms with E-state index in [1.165, 1.54) is 11.9 Å². The van der Waals surface area contributed by atoms with Crippen molar-refractivity contribution in [2.75, 3.05) is 13.2 Å². The Bertz CT molecular complexity index is 1070. The highest BCUT2D eigenvalue weighted by molar-refractivity contribution is 5.68. The molecule has 8 heteroatoms. The summed E-state index contributed by atoms with van der Waals surface area (Å²) in [5.74, 6) is 1.58. The summed E-state index contributed by atoms with van der Waals surface area (Å²) in [6.45, 7) is 4.93. The summed E-state index contributed by atoms with van der Waals surface area (Å²) in [6, 6.07) is 11.2. The lowest BCUT2D eigenvalue weighted by atomic mass is 10.1. The van der Waals surface area contributed by atoms with Crippen LogP contribution in [-0.4, -0.2) is 39.4 Å². The lowest BCUT2D eigenvalue weighted by Crippen LogP contribution is -2.13. The van der Waals surface area contributed by atoms with Gasteiger partial charge in [-0.25, -0.2) is 19.7 Å². The minimum Gasteiger partial charge on any atom is -0.507 e. The van der Waals surface area contributed by atoms with Gasteiger partial charge in [0.25, 0.3) is 0 Å². The van der Waals surface area contributed by atoms with E-state index in [1.807, 2.05) is 26.0 Å². The molecule has 1 aromatic heterocycles. The number of ether oxygens (including phenoxy) is 2. The largest absolute Gasteiger partial charge is 0.507 e. The van der Waals surface area contributed by atoms with Gasteiger partial charge in [-0.05, 0) is 57.2 Å². The highest BCUT2D eigenvalue weighted by Crippen LogP contribution is 2.31. The van der Waals surface area contributed by atoms with E-state index in [-0.39, 0.29) is 5.75 Å². The number of nitrogens with zero attached hydrogens (tertiary/aromatic N) is 3. The maximum Gasteiger partial charge on any atom is 0.404 e. The van der Waals surface area contributed by atoms with Crippen LogP contribution in [0.25, 0.3) is 22.8 Å². The number of carbonyl (C=O) groups excluding carboxylic acids is 1. The van der Waals surface area contributed by atoms with Gasteiger partial charge >= 0.3 is 6.09 Å². The zero-order valence-electron chi connectivity index (χ0n) is 18.4. The SMILES string of the molecule is Cc1ccc(-c2ncnc(-c3ccc(OCCCCCCOC(N)=O)cc3O)n2)c(C)c1. The van der Waals surface area contributed by atoms with Gasteiger partial charge in [0.2, 0.25) is 0 Å². The fourth-order valence-corrected chi connectivity index (χ4v) is 3.33. The molecule has 0 spiro atoms. The highest BCUT2D eigenvalue weighted by Gasteiger charge is 2.12. The Hall–Kier alpha value is -3.68. The molecule has 0 saturated heterocycles. The zero-order chi connectivity index (χ0) is 22.9. The first-order chi connectivity index (χ1) is 15.4.